The molecule has 0 unspecified atom stereocenters. The number of nitrogens with zero attached hydrogens (tertiary/aromatic N) is 3. The van der Waals surface area contributed by atoms with Crippen LogP contribution < -0.4 is 0 Å². The fraction of sp³-hybridized carbons (Fsp3) is 0.0784. The summed E-state index contributed by atoms with van der Waals surface area (Å²) in [5.74, 6) is 0.633. The van der Waals surface area contributed by atoms with Gasteiger partial charge in [0.1, 0.15) is 0 Å². The van der Waals surface area contributed by atoms with E-state index in [2.05, 4.69) is 205 Å². The topological polar surface area (TPSA) is 22.8 Å². The van der Waals surface area contributed by atoms with E-state index in [-0.39, 0.29) is 0 Å². The molecule has 3 heterocycles. The second kappa shape index (κ2) is 13.1. The lowest BCUT2D eigenvalue weighted by molar-refractivity contribution is 0.647. The second-order valence-corrected chi connectivity index (χ2v) is 14.8. The SMILES string of the molecule is CC(C)Cc1ccc(-n2c3ccccc3c3cc(-c4ccc5c(c4)c4ccccc4n5-c4cc(-c5ccccc5)nc(-c5ccccc5)c4)ccc32)cc1. The number of hydrogen-bond acceptors (Lipinski definition) is 1. The molecular weight excluding hydrogens is 655 g/mol. The number of rotatable bonds is 7. The molecule has 7 aromatic carbocycles. The maximum atomic E-state index is 5.16. The average Bonchev–Trinajstić information content (AvgIpc) is 3.74. The van der Waals surface area contributed by atoms with Crippen LogP contribution in [-0.4, -0.2) is 14.1 Å². The van der Waals surface area contributed by atoms with Crippen molar-refractivity contribution in [3.05, 3.63) is 188 Å². The Labute approximate surface area is 315 Å². The molecule has 3 aromatic heterocycles. The van der Waals surface area contributed by atoms with Gasteiger partial charge in [-0.15, -0.1) is 0 Å². The Balaban J connectivity index is 1.13. The number of benzene rings is 7. The van der Waals surface area contributed by atoms with Crippen LogP contribution in [0.4, 0.5) is 0 Å². The van der Waals surface area contributed by atoms with E-state index in [1.807, 2.05) is 0 Å². The van der Waals surface area contributed by atoms with Crippen molar-refractivity contribution >= 4 is 43.6 Å². The van der Waals surface area contributed by atoms with Gasteiger partial charge in [0.25, 0.3) is 0 Å². The number of hydrogen-bond donors (Lipinski definition) is 0. The maximum Gasteiger partial charge on any atom is 0.0730 e. The van der Waals surface area contributed by atoms with Crippen LogP contribution in [-0.2, 0) is 6.42 Å². The molecule has 3 nitrogen and oxygen atoms in total. The molecule has 0 aliphatic carbocycles. The van der Waals surface area contributed by atoms with E-state index in [0.717, 1.165) is 34.6 Å². The molecule has 0 atom stereocenters. The summed E-state index contributed by atoms with van der Waals surface area (Å²) in [4.78, 5) is 5.16. The molecule has 0 saturated heterocycles. The lowest BCUT2D eigenvalue weighted by Gasteiger charge is -2.13. The summed E-state index contributed by atoms with van der Waals surface area (Å²) >= 11 is 0. The first-order chi connectivity index (χ1) is 26.6. The molecule has 0 spiro atoms. The highest BCUT2D eigenvalue weighted by Gasteiger charge is 2.18. The van der Waals surface area contributed by atoms with Gasteiger partial charge in [-0.2, -0.15) is 0 Å². The van der Waals surface area contributed by atoms with Crippen molar-refractivity contribution in [1.29, 1.82) is 0 Å². The largest absolute Gasteiger partial charge is 0.309 e. The van der Waals surface area contributed by atoms with Gasteiger partial charge < -0.3 is 9.13 Å². The van der Waals surface area contributed by atoms with Gasteiger partial charge in [-0.1, -0.05) is 135 Å². The lowest BCUT2D eigenvalue weighted by atomic mass is 10.0. The van der Waals surface area contributed by atoms with Gasteiger partial charge in [-0.25, -0.2) is 4.98 Å². The number of pyridine rings is 1. The standard InChI is InChI=1S/C51H39N3/c1-34(2)29-35-21-25-40(26-22-35)53-48-19-11-9-17-42(48)44-30-38(23-27-50(44)53)39-24-28-51-45(31-39)43-18-10-12-20-49(43)54(51)41-32-46(36-13-5-3-6-14-36)52-47(33-41)37-15-7-4-8-16-37/h3-28,30-34H,29H2,1-2H3. The molecule has 0 bridgehead atoms. The van der Waals surface area contributed by atoms with E-state index in [1.54, 1.807) is 0 Å². The molecule has 258 valence electrons. The lowest BCUT2D eigenvalue weighted by Crippen LogP contribution is -1.98. The molecule has 0 N–H and O–H groups in total. The van der Waals surface area contributed by atoms with Crippen LogP contribution in [0.1, 0.15) is 19.4 Å². The first-order valence-electron chi connectivity index (χ1n) is 18.9. The molecule has 10 rings (SSSR count). The zero-order valence-electron chi connectivity index (χ0n) is 30.4. The van der Waals surface area contributed by atoms with Gasteiger partial charge in [0, 0.05) is 38.4 Å². The Morgan fingerprint density at radius 2 is 0.833 bits per heavy atom. The third-order valence-corrected chi connectivity index (χ3v) is 10.7. The molecule has 0 saturated carbocycles. The van der Waals surface area contributed by atoms with Crippen molar-refractivity contribution in [3.8, 4) is 45.0 Å². The predicted molar refractivity (Wildman–Crippen MR) is 228 cm³/mol. The minimum absolute atomic E-state index is 0.633. The number of fused-ring (bicyclic) bond motifs is 6. The van der Waals surface area contributed by atoms with Gasteiger partial charge in [-0.3, -0.25) is 0 Å². The van der Waals surface area contributed by atoms with Crippen molar-refractivity contribution in [2.45, 2.75) is 20.3 Å². The molecular formula is C51H39N3. The zero-order valence-corrected chi connectivity index (χ0v) is 30.4. The first kappa shape index (κ1) is 32.0. The predicted octanol–water partition coefficient (Wildman–Crippen LogP) is 13.5. The fourth-order valence-electron chi connectivity index (χ4n) is 8.27. The van der Waals surface area contributed by atoms with Gasteiger partial charge >= 0.3 is 0 Å². The van der Waals surface area contributed by atoms with Crippen molar-refractivity contribution in [1.82, 2.24) is 14.1 Å². The Kier molecular flexibility index (Phi) is 7.73. The van der Waals surface area contributed by atoms with Gasteiger partial charge in [0.15, 0.2) is 0 Å². The number of aromatic nitrogens is 3. The summed E-state index contributed by atoms with van der Waals surface area (Å²) < 4.78 is 4.81. The van der Waals surface area contributed by atoms with E-state index in [0.29, 0.717) is 5.92 Å². The van der Waals surface area contributed by atoms with E-state index in [9.17, 15) is 0 Å². The summed E-state index contributed by atoms with van der Waals surface area (Å²) in [6, 6.07) is 66.0. The molecule has 0 radical (unpaired) electrons. The third kappa shape index (κ3) is 5.48. The van der Waals surface area contributed by atoms with Crippen molar-refractivity contribution in [3.63, 3.8) is 0 Å². The molecule has 10 aromatic rings. The van der Waals surface area contributed by atoms with Crippen LogP contribution in [0.5, 0.6) is 0 Å². The summed E-state index contributed by atoms with van der Waals surface area (Å²) in [6.45, 7) is 4.55. The van der Waals surface area contributed by atoms with Crippen LogP contribution in [0.15, 0.2) is 182 Å². The van der Waals surface area contributed by atoms with Crippen molar-refractivity contribution < 1.29 is 0 Å². The van der Waals surface area contributed by atoms with Crippen molar-refractivity contribution in [2.75, 3.05) is 0 Å². The highest BCUT2D eigenvalue weighted by Crippen LogP contribution is 2.39. The maximum absolute atomic E-state index is 5.16. The second-order valence-electron chi connectivity index (χ2n) is 14.8. The smallest absolute Gasteiger partial charge is 0.0730 e. The van der Waals surface area contributed by atoms with E-state index in [1.165, 1.54) is 66.0 Å². The Bertz CT molecular complexity index is 2910. The van der Waals surface area contributed by atoms with Crippen LogP contribution in [0.2, 0.25) is 0 Å². The molecule has 3 heteroatoms. The Morgan fingerprint density at radius 1 is 0.389 bits per heavy atom. The highest BCUT2D eigenvalue weighted by atomic mass is 15.0. The Hall–Kier alpha value is -6.71. The molecule has 0 aliphatic heterocycles. The van der Waals surface area contributed by atoms with Gasteiger partial charge in [-0.05, 0) is 89.7 Å². The van der Waals surface area contributed by atoms with Crippen LogP contribution in [0, 0.1) is 5.92 Å². The molecule has 0 aliphatic rings. The Morgan fingerprint density at radius 3 is 1.33 bits per heavy atom. The van der Waals surface area contributed by atoms with Crippen molar-refractivity contribution in [2.24, 2.45) is 5.92 Å². The van der Waals surface area contributed by atoms with Crippen LogP contribution >= 0.6 is 0 Å². The van der Waals surface area contributed by atoms with E-state index < -0.39 is 0 Å². The first-order valence-corrected chi connectivity index (χ1v) is 18.9. The van der Waals surface area contributed by atoms with Gasteiger partial charge in [0.2, 0.25) is 0 Å². The summed E-state index contributed by atoms with van der Waals surface area (Å²) in [5.41, 5.74) is 15.0. The van der Waals surface area contributed by atoms with Crippen LogP contribution in [0.3, 0.4) is 0 Å². The summed E-state index contributed by atoms with van der Waals surface area (Å²) in [5, 5.41) is 4.98. The average molecular weight is 694 g/mol. The number of para-hydroxylation sites is 2. The monoisotopic (exact) mass is 693 g/mol. The molecule has 0 amide bonds. The van der Waals surface area contributed by atoms with Gasteiger partial charge in [0.05, 0.1) is 39.1 Å². The normalized spacial score (nSPS) is 11.8. The van der Waals surface area contributed by atoms with Crippen LogP contribution in [0.25, 0.3) is 88.6 Å². The highest BCUT2D eigenvalue weighted by molar-refractivity contribution is 6.12. The zero-order chi connectivity index (χ0) is 36.2. The van der Waals surface area contributed by atoms with E-state index >= 15 is 0 Å². The minimum Gasteiger partial charge on any atom is -0.309 e. The summed E-state index contributed by atoms with van der Waals surface area (Å²) in [7, 11) is 0. The molecule has 54 heavy (non-hydrogen) atoms. The molecule has 0 fully saturated rings. The third-order valence-electron chi connectivity index (χ3n) is 10.7. The quantitative estimate of drug-likeness (QED) is 0.163. The summed E-state index contributed by atoms with van der Waals surface area (Å²) in [6.07, 6.45) is 1.09. The fourth-order valence-corrected chi connectivity index (χ4v) is 8.27. The minimum atomic E-state index is 0.633. The van der Waals surface area contributed by atoms with E-state index in [4.69, 9.17) is 4.98 Å².